The summed E-state index contributed by atoms with van der Waals surface area (Å²) in [5.74, 6) is 0. The largest absolute Gasteiger partial charge is 0.358 e. The van der Waals surface area contributed by atoms with Gasteiger partial charge in [-0.25, -0.2) is 0 Å². The zero-order valence-corrected chi connectivity index (χ0v) is 6.54. The minimum absolute atomic E-state index is 0.0620. The second kappa shape index (κ2) is 2.33. The van der Waals surface area contributed by atoms with Gasteiger partial charge in [-0.1, -0.05) is 18.2 Å². The molecule has 1 heterocycles. The summed E-state index contributed by atoms with van der Waals surface area (Å²) >= 11 is 0. The molecule has 0 aliphatic carbocycles. The van der Waals surface area contributed by atoms with Gasteiger partial charge in [0.2, 0.25) is 0 Å². The molecule has 0 radical (unpaired) electrons. The maximum atomic E-state index is 3.76. The van der Waals surface area contributed by atoms with Gasteiger partial charge in [0.1, 0.15) is 0 Å². The van der Waals surface area contributed by atoms with Gasteiger partial charge in [0.05, 0.1) is 0 Å². The first-order valence-electron chi connectivity index (χ1n) is 3.40. The summed E-state index contributed by atoms with van der Waals surface area (Å²) in [7, 11) is 2.01. The molecular formula is C9H13N. The molecule has 0 saturated heterocycles. The Labute approximate surface area is 62.3 Å². The van der Waals surface area contributed by atoms with Crippen LogP contribution in [0.5, 0.6) is 0 Å². The molecule has 0 saturated carbocycles. The summed E-state index contributed by atoms with van der Waals surface area (Å²) < 4.78 is 0. The van der Waals surface area contributed by atoms with Gasteiger partial charge in [0, 0.05) is 24.9 Å². The van der Waals surface area contributed by atoms with Crippen molar-refractivity contribution < 1.29 is 0 Å². The lowest BCUT2D eigenvalue weighted by molar-refractivity contribution is 0.561. The van der Waals surface area contributed by atoms with E-state index in [0.29, 0.717) is 0 Å². The highest BCUT2D eigenvalue weighted by Crippen LogP contribution is 2.24. The molecule has 10 heavy (non-hydrogen) atoms. The van der Waals surface area contributed by atoms with Gasteiger partial charge in [-0.3, -0.25) is 0 Å². The lowest BCUT2D eigenvalue weighted by atomic mass is 9.90. The Kier molecular flexibility index (Phi) is 1.66. The molecular weight excluding hydrogens is 122 g/mol. The molecule has 0 N–H and O–H groups in total. The van der Waals surface area contributed by atoms with Crippen LogP contribution in [-0.2, 0) is 0 Å². The second-order valence-electron chi connectivity index (χ2n) is 2.87. The molecule has 0 aromatic heterocycles. The lowest BCUT2D eigenvalue weighted by Crippen LogP contribution is -2.14. The predicted octanol–water partition coefficient (Wildman–Crippen LogP) is 2.15. The van der Waals surface area contributed by atoms with E-state index >= 15 is 0 Å². The van der Waals surface area contributed by atoms with E-state index in [0.717, 1.165) is 0 Å². The van der Waals surface area contributed by atoms with Crippen molar-refractivity contribution in [2.24, 2.45) is 5.41 Å². The van der Waals surface area contributed by atoms with E-state index < -0.39 is 0 Å². The third-order valence-electron chi connectivity index (χ3n) is 1.78. The summed E-state index contributed by atoms with van der Waals surface area (Å²) in [5, 5.41) is 0. The van der Waals surface area contributed by atoms with Crippen molar-refractivity contribution in [2.75, 3.05) is 7.05 Å². The summed E-state index contributed by atoms with van der Waals surface area (Å²) in [6, 6.07) is 0. The Bertz CT molecular complexity index is 175. The zero-order chi connectivity index (χ0) is 7.61. The quantitative estimate of drug-likeness (QED) is 0.498. The van der Waals surface area contributed by atoms with Crippen molar-refractivity contribution >= 4 is 0 Å². The summed E-state index contributed by atoms with van der Waals surface area (Å²) in [4.78, 5) is 2.02. The molecule has 0 amide bonds. The molecule has 54 valence electrons. The average molecular weight is 135 g/mol. The molecule has 0 fully saturated rings. The molecule has 0 spiro atoms. The highest BCUT2D eigenvalue weighted by Gasteiger charge is 2.14. The van der Waals surface area contributed by atoms with E-state index in [1.165, 1.54) is 0 Å². The fourth-order valence-corrected chi connectivity index (χ4v) is 0.798. The molecule has 1 heteroatoms. The van der Waals surface area contributed by atoms with Gasteiger partial charge in [0.15, 0.2) is 0 Å². The van der Waals surface area contributed by atoms with Crippen LogP contribution in [0.3, 0.4) is 0 Å². The van der Waals surface area contributed by atoms with Crippen molar-refractivity contribution in [3.63, 3.8) is 0 Å². The Morgan fingerprint density at radius 2 is 1.90 bits per heavy atom. The van der Waals surface area contributed by atoms with Crippen molar-refractivity contribution in [1.82, 2.24) is 4.90 Å². The van der Waals surface area contributed by atoms with Crippen LogP contribution in [0.2, 0.25) is 0 Å². The minimum Gasteiger partial charge on any atom is -0.358 e. The normalized spacial score (nSPS) is 21.2. The van der Waals surface area contributed by atoms with Crippen LogP contribution in [0.15, 0.2) is 37.2 Å². The number of allylic oxidation sites excluding steroid dienone is 3. The van der Waals surface area contributed by atoms with Crippen molar-refractivity contribution in [3.05, 3.63) is 37.2 Å². The van der Waals surface area contributed by atoms with Crippen LogP contribution < -0.4 is 0 Å². The van der Waals surface area contributed by atoms with Crippen LogP contribution in [-0.4, -0.2) is 11.9 Å². The van der Waals surface area contributed by atoms with Crippen molar-refractivity contribution in [2.45, 2.75) is 6.92 Å². The third-order valence-corrected chi connectivity index (χ3v) is 1.78. The Hall–Kier alpha value is -0.980. The molecule has 1 nitrogen and oxygen atoms in total. The second-order valence-corrected chi connectivity index (χ2v) is 2.87. The standard InChI is InChI=1S/C9H13N/c1-4-9(2)5-7-10(3)8-6-9/h4-8H,1H2,2-3H3. The number of nitrogens with zero attached hydrogens (tertiary/aromatic N) is 1. The Morgan fingerprint density at radius 3 is 2.30 bits per heavy atom. The van der Waals surface area contributed by atoms with Gasteiger partial charge < -0.3 is 4.90 Å². The van der Waals surface area contributed by atoms with E-state index in [9.17, 15) is 0 Å². The SMILES string of the molecule is C=CC1(C)C=CN(C)C=C1. The summed E-state index contributed by atoms with van der Waals surface area (Å²) in [6.45, 7) is 5.89. The zero-order valence-electron chi connectivity index (χ0n) is 6.54. The van der Waals surface area contributed by atoms with Gasteiger partial charge in [-0.05, 0) is 6.92 Å². The van der Waals surface area contributed by atoms with Gasteiger partial charge >= 0.3 is 0 Å². The first-order chi connectivity index (χ1) is 4.66. The van der Waals surface area contributed by atoms with Crippen molar-refractivity contribution in [3.8, 4) is 0 Å². The van der Waals surface area contributed by atoms with E-state index in [4.69, 9.17) is 0 Å². The molecule has 1 aliphatic rings. The first kappa shape index (κ1) is 7.13. The molecule has 0 unspecified atom stereocenters. The van der Waals surface area contributed by atoms with Crippen LogP contribution >= 0.6 is 0 Å². The Balaban J connectivity index is 2.78. The molecule has 1 aliphatic heterocycles. The Morgan fingerprint density at radius 1 is 1.40 bits per heavy atom. The van der Waals surface area contributed by atoms with Crippen LogP contribution in [0.25, 0.3) is 0 Å². The van der Waals surface area contributed by atoms with E-state index in [2.05, 4.69) is 25.7 Å². The van der Waals surface area contributed by atoms with E-state index in [1.807, 2.05) is 30.4 Å². The molecule has 0 aromatic rings. The van der Waals surface area contributed by atoms with Crippen LogP contribution in [0.4, 0.5) is 0 Å². The van der Waals surface area contributed by atoms with Crippen LogP contribution in [0, 0.1) is 5.41 Å². The average Bonchev–Trinajstić information content (AvgIpc) is 1.96. The topological polar surface area (TPSA) is 3.24 Å². The van der Waals surface area contributed by atoms with Gasteiger partial charge in [0.25, 0.3) is 0 Å². The maximum Gasteiger partial charge on any atom is 0.0245 e. The van der Waals surface area contributed by atoms with E-state index in [-0.39, 0.29) is 5.41 Å². The first-order valence-corrected chi connectivity index (χ1v) is 3.40. The highest BCUT2D eigenvalue weighted by molar-refractivity contribution is 5.21. The van der Waals surface area contributed by atoms with Gasteiger partial charge in [-0.2, -0.15) is 0 Å². The predicted molar refractivity (Wildman–Crippen MR) is 44.3 cm³/mol. The summed E-state index contributed by atoms with van der Waals surface area (Å²) in [6.07, 6.45) is 10.3. The molecule has 0 aromatic carbocycles. The summed E-state index contributed by atoms with van der Waals surface area (Å²) in [5.41, 5.74) is 0.0620. The molecule has 0 atom stereocenters. The number of rotatable bonds is 1. The highest BCUT2D eigenvalue weighted by atomic mass is 15.0. The molecule has 0 bridgehead atoms. The monoisotopic (exact) mass is 135 g/mol. The van der Waals surface area contributed by atoms with Gasteiger partial charge in [-0.15, -0.1) is 6.58 Å². The lowest BCUT2D eigenvalue weighted by Gasteiger charge is -2.23. The fraction of sp³-hybridized carbons (Fsp3) is 0.333. The third kappa shape index (κ3) is 1.29. The van der Waals surface area contributed by atoms with Crippen molar-refractivity contribution in [1.29, 1.82) is 0 Å². The van der Waals surface area contributed by atoms with Crippen LogP contribution in [0.1, 0.15) is 6.92 Å². The molecule has 1 rings (SSSR count). The smallest absolute Gasteiger partial charge is 0.0245 e. The maximum absolute atomic E-state index is 3.76. The van der Waals surface area contributed by atoms with E-state index in [1.54, 1.807) is 0 Å². The minimum atomic E-state index is 0.0620. The number of hydrogen-bond donors (Lipinski definition) is 0. The fourth-order valence-electron chi connectivity index (χ4n) is 0.798. The number of hydrogen-bond acceptors (Lipinski definition) is 1.